The number of methoxy groups -OCH3 is 1. The van der Waals surface area contributed by atoms with Crippen molar-refractivity contribution in [2.24, 2.45) is 5.92 Å². The first kappa shape index (κ1) is 19.7. The highest BCUT2D eigenvalue weighted by Crippen LogP contribution is 2.56. The van der Waals surface area contributed by atoms with Gasteiger partial charge < -0.3 is 4.74 Å². The van der Waals surface area contributed by atoms with E-state index >= 15 is 4.39 Å². The number of ether oxygens (including phenoxy) is 1. The Kier molecular flexibility index (Phi) is 5.63. The molecule has 2 aromatic carbocycles. The predicted octanol–water partition coefficient (Wildman–Crippen LogP) is 5.88. The van der Waals surface area contributed by atoms with Crippen molar-refractivity contribution in [3.05, 3.63) is 60.2 Å². The van der Waals surface area contributed by atoms with Crippen molar-refractivity contribution in [2.75, 3.05) is 12.0 Å². The zero-order valence-corrected chi connectivity index (χ0v) is 18.1. The molecule has 2 aliphatic rings. The van der Waals surface area contributed by atoms with Crippen LogP contribution in [0.1, 0.15) is 43.7 Å². The standard InChI is InChI=1S/C23H25FINO2/c1-28-18-14-12-17(13-15-18)26-21(16-8-4-2-5-9-16)23(24,22(26)27)19-10-6-3-7-11-20(19)25/h2,4-5,8-9,12-15,19-21H,3,6-7,10-11H2,1H3/t19?,20?,21-,23+/m0/s1. The van der Waals surface area contributed by atoms with Crippen LogP contribution < -0.4 is 9.64 Å². The van der Waals surface area contributed by atoms with E-state index in [-0.39, 0.29) is 9.84 Å². The van der Waals surface area contributed by atoms with Gasteiger partial charge in [-0.2, -0.15) is 0 Å². The number of nitrogens with zero attached hydrogens (tertiary/aromatic N) is 1. The SMILES string of the molecule is COc1ccc(N2C(=O)[C@@](F)(C3CCCCCC3I)[C@@H]2c2ccccc2)cc1. The molecular weight excluding hydrogens is 468 g/mol. The Hall–Kier alpha value is -1.63. The van der Waals surface area contributed by atoms with Gasteiger partial charge in [0.25, 0.3) is 5.91 Å². The molecule has 4 atom stereocenters. The van der Waals surface area contributed by atoms with Crippen LogP contribution in [-0.2, 0) is 4.79 Å². The van der Waals surface area contributed by atoms with Crippen molar-refractivity contribution in [2.45, 2.75) is 47.7 Å². The van der Waals surface area contributed by atoms with Crippen LogP contribution >= 0.6 is 22.6 Å². The lowest BCUT2D eigenvalue weighted by molar-refractivity contribution is -0.149. The maximum atomic E-state index is 16.6. The molecule has 2 aromatic rings. The fourth-order valence-corrected chi connectivity index (χ4v) is 6.00. The van der Waals surface area contributed by atoms with Gasteiger partial charge in [-0.15, -0.1) is 0 Å². The average Bonchev–Trinajstić information content (AvgIpc) is 2.96. The van der Waals surface area contributed by atoms with Gasteiger partial charge in [-0.3, -0.25) is 9.69 Å². The normalized spacial score (nSPS) is 30.5. The Labute approximate surface area is 179 Å². The van der Waals surface area contributed by atoms with Crippen LogP contribution in [0.2, 0.25) is 0 Å². The Morgan fingerprint density at radius 3 is 2.39 bits per heavy atom. The van der Waals surface area contributed by atoms with E-state index in [9.17, 15) is 4.79 Å². The summed E-state index contributed by atoms with van der Waals surface area (Å²) in [5.74, 6) is 0.0680. The lowest BCUT2D eigenvalue weighted by Crippen LogP contribution is -2.70. The molecule has 1 saturated heterocycles. The molecule has 1 aliphatic heterocycles. The number of amides is 1. The van der Waals surface area contributed by atoms with Gasteiger partial charge in [0.1, 0.15) is 11.8 Å². The zero-order chi connectivity index (χ0) is 19.7. The van der Waals surface area contributed by atoms with Gasteiger partial charge in [0, 0.05) is 15.5 Å². The second kappa shape index (κ2) is 8.01. The van der Waals surface area contributed by atoms with Crippen molar-refractivity contribution < 1.29 is 13.9 Å². The molecule has 3 nitrogen and oxygen atoms in total. The molecule has 1 saturated carbocycles. The van der Waals surface area contributed by atoms with Crippen LogP contribution in [0, 0.1) is 5.92 Å². The monoisotopic (exact) mass is 493 g/mol. The van der Waals surface area contributed by atoms with Crippen LogP contribution in [0.15, 0.2) is 54.6 Å². The Bertz CT molecular complexity index is 828. The molecule has 4 rings (SSSR count). The number of benzene rings is 2. The number of halogens is 2. The van der Waals surface area contributed by atoms with Gasteiger partial charge in [0.15, 0.2) is 0 Å². The van der Waals surface area contributed by atoms with Crippen LogP contribution in [0.5, 0.6) is 5.75 Å². The smallest absolute Gasteiger partial charge is 0.268 e. The van der Waals surface area contributed by atoms with E-state index in [4.69, 9.17) is 4.74 Å². The van der Waals surface area contributed by atoms with Gasteiger partial charge in [0.05, 0.1) is 7.11 Å². The van der Waals surface area contributed by atoms with Gasteiger partial charge in [-0.05, 0) is 42.7 Å². The molecule has 1 amide bonds. The van der Waals surface area contributed by atoms with E-state index in [1.807, 2.05) is 54.6 Å². The third kappa shape index (κ3) is 3.21. The number of anilines is 1. The van der Waals surface area contributed by atoms with E-state index < -0.39 is 17.6 Å². The summed E-state index contributed by atoms with van der Waals surface area (Å²) in [5.41, 5.74) is -0.280. The number of β-lactam (4-membered cyclic amide) rings is 1. The van der Waals surface area contributed by atoms with Gasteiger partial charge in [-0.25, -0.2) is 4.39 Å². The summed E-state index contributed by atoms with van der Waals surface area (Å²) in [5, 5.41) is 0. The molecule has 0 bridgehead atoms. The molecule has 0 N–H and O–H groups in total. The first-order valence-corrected chi connectivity index (χ1v) is 11.2. The van der Waals surface area contributed by atoms with Crippen molar-refractivity contribution in [3.8, 4) is 5.75 Å². The summed E-state index contributed by atoms with van der Waals surface area (Å²) >= 11 is 2.37. The van der Waals surface area contributed by atoms with Crippen molar-refractivity contribution in [3.63, 3.8) is 0 Å². The topological polar surface area (TPSA) is 29.5 Å². The van der Waals surface area contributed by atoms with E-state index in [1.54, 1.807) is 12.0 Å². The van der Waals surface area contributed by atoms with Gasteiger partial charge in [0.2, 0.25) is 5.67 Å². The highest BCUT2D eigenvalue weighted by molar-refractivity contribution is 14.1. The maximum Gasteiger partial charge on any atom is 0.268 e. The van der Waals surface area contributed by atoms with E-state index in [2.05, 4.69) is 22.6 Å². The predicted molar refractivity (Wildman–Crippen MR) is 118 cm³/mol. The number of carbonyl (C=O) groups is 1. The minimum Gasteiger partial charge on any atom is -0.497 e. The van der Waals surface area contributed by atoms with E-state index in [1.165, 1.54) is 0 Å². The third-order valence-corrected chi connectivity index (χ3v) is 7.63. The number of rotatable bonds is 4. The summed E-state index contributed by atoms with van der Waals surface area (Å²) in [6.07, 6.45) is 4.99. The highest BCUT2D eigenvalue weighted by Gasteiger charge is 2.67. The minimum absolute atomic E-state index is 0.179. The van der Waals surface area contributed by atoms with Crippen LogP contribution in [0.4, 0.5) is 10.1 Å². The fourth-order valence-electron chi connectivity index (χ4n) is 4.67. The molecule has 28 heavy (non-hydrogen) atoms. The van der Waals surface area contributed by atoms with Crippen LogP contribution in [-0.4, -0.2) is 22.6 Å². The molecule has 0 radical (unpaired) electrons. The molecular formula is C23H25FINO2. The fraction of sp³-hybridized carbons (Fsp3) is 0.435. The van der Waals surface area contributed by atoms with Crippen LogP contribution in [0.3, 0.4) is 0 Å². The Morgan fingerprint density at radius 2 is 1.71 bits per heavy atom. The third-order valence-electron chi connectivity index (χ3n) is 6.14. The molecule has 2 unspecified atom stereocenters. The van der Waals surface area contributed by atoms with Crippen molar-refractivity contribution in [1.29, 1.82) is 0 Å². The minimum atomic E-state index is -1.85. The molecule has 5 heteroatoms. The highest BCUT2D eigenvalue weighted by atomic mass is 127. The summed E-state index contributed by atoms with van der Waals surface area (Å²) in [4.78, 5) is 14.9. The second-order valence-electron chi connectivity index (χ2n) is 7.71. The molecule has 0 aromatic heterocycles. The molecule has 1 heterocycles. The van der Waals surface area contributed by atoms with Crippen LogP contribution in [0.25, 0.3) is 0 Å². The summed E-state index contributed by atoms with van der Waals surface area (Å²) in [7, 11) is 1.61. The maximum absolute atomic E-state index is 16.6. The van der Waals surface area contributed by atoms with Gasteiger partial charge in [-0.1, -0.05) is 72.2 Å². The second-order valence-corrected chi connectivity index (χ2v) is 9.31. The summed E-state index contributed by atoms with van der Waals surface area (Å²) < 4.78 is 22.0. The lowest BCUT2D eigenvalue weighted by atomic mass is 9.68. The zero-order valence-electron chi connectivity index (χ0n) is 16.0. The molecule has 2 fully saturated rings. The largest absolute Gasteiger partial charge is 0.497 e. The van der Waals surface area contributed by atoms with Crippen molar-refractivity contribution >= 4 is 34.2 Å². The average molecular weight is 493 g/mol. The number of carbonyl (C=O) groups excluding carboxylic acids is 1. The lowest BCUT2D eigenvalue weighted by Gasteiger charge is -2.55. The molecule has 148 valence electrons. The Morgan fingerprint density at radius 1 is 1.04 bits per heavy atom. The van der Waals surface area contributed by atoms with Gasteiger partial charge >= 0.3 is 0 Å². The van der Waals surface area contributed by atoms with E-state index in [0.29, 0.717) is 5.69 Å². The summed E-state index contributed by atoms with van der Waals surface area (Å²) in [6.45, 7) is 0. The first-order chi connectivity index (χ1) is 13.6. The molecule has 0 spiro atoms. The Balaban J connectivity index is 1.75. The first-order valence-electron chi connectivity index (χ1n) is 9.93. The molecule has 1 aliphatic carbocycles. The summed E-state index contributed by atoms with van der Waals surface area (Å²) in [6, 6.07) is 16.3. The number of hydrogen-bond donors (Lipinski definition) is 0. The van der Waals surface area contributed by atoms with E-state index in [0.717, 1.165) is 43.4 Å². The number of alkyl halides is 2. The quantitative estimate of drug-likeness (QED) is 0.231. The van der Waals surface area contributed by atoms with Crippen molar-refractivity contribution in [1.82, 2.24) is 0 Å². The number of hydrogen-bond acceptors (Lipinski definition) is 2.